The Morgan fingerprint density at radius 3 is 2.72 bits per heavy atom. The number of hydrogen-bond donors (Lipinski definition) is 1. The molecule has 1 aliphatic rings. The molecule has 1 aromatic rings. The third kappa shape index (κ3) is 3.45. The van der Waals surface area contributed by atoms with Gasteiger partial charge < -0.3 is 10.2 Å². The zero-order chi connectivity index (χ0) is 13.0. The second-order valence-corrected chi connectivity index (χ2v) is 5.46. The van der Waals surface area contributed by atoms with E-state index >= 15 is 0 Å². The second-order valence-electron chi connectivity index (χ2n) is 5.46. The van der Waals surface area contributed by atoms with E-state index in [1.165, 1.54) is 38.0 Å². The van der Waals surface area contributed by atoms with Gasteiger partial charge in [0.2, 0.25) is 0 Å². The molecular formula is C15H25N3. The van der Waals surface area contributed by atoms with E-state index in [1.54, 1.807) is 0 Å². The first-order valence-corrected chi connectivity index (χ1v) is 7.09. The molecule has 1 saturated heterocycles. The van der Waals surface area contributed by atoms with Gasteiger partial charge in [0.25, 0.3) is 0 Å². The van der Waals surface area contributed by atoms with Crippen LogP contribution in [-0.4, -0.2) is 35.6 Å². The molecule has 100 valence electrons. The lowest BCUT2D eigenvalue weighted by Gasteiger charge is -2.34. The number of nitrogens with one attached hydrogen (secondary N) is 1. The average molecular weight is 247 g/mol. The van der Waals surface area contributed by atoms with Gasteiger partial charge >= 0.3 is 0 Å². The van der Waals surface area contributed by atoms with Crippen LogP contribution in [0.4, 0.5) is 5.69 Å². The Balaban J connectivity index is 1.87. The molecule has 1 unspecified atom stereocenters. The molecule has 3 heteroatoms. The van der Waals surface area contributed by atoms with E-state index in [2.05, 4.69) is 42.0 Å². The molecule has 18 heavy (non-hydrogen) atoms. The summed E-state index contributed by atoms with van der Waals surface area (Å²) in [6.07, 6.45) is 6.43. The van der Waals surface area contributed by atoms with Gasteiger partial charge in [0.15, 0.2) is 0 Å². The lowest BCUT2D eigenvalue weighted by molar-refractivity contribution is 0.183. The van der Waals surface area contributed by atoms with Crippen molar-refractivity contribution in [2.45, 2.75) is 39.7 Å². The summed E-state index contributed by atoms with van der Waals surface area (Å²) in [6, 6.07) is 2.71. The summed E-state index contributed by atoms with van der Waals surface area (Å²) in [5, 5.41) is 3.60. The first-order valence-electron chi connectivity index (χ1n) is 7.09. The molecule has 0 aromatic carbocycles. The number of nitrogens with zero attached hydrogens (tertiary/aromatic N) is 2. The highest BCUT2D eigenvalue weighted by molar-refractivity contribution is 5.43. The first-order chi connectivity index (χ1) is 8.69. The molecule has 1 fully saturated rings. The fourth-order valence-corrected chi connectivity index (χ4v) is 2.78. The van der Waals surface area contributed by atoms with Crippen molar-refractivity contribution in [2.75, 3.05) is 25.0 Å². The maximum atomic E-state index is 4.24. The van der Waals surface area contributed by atoms with Crippen LogP contribution in [0.25, 0.3) is 0 Å². The summed E-state index contributed by atoms with van der Waals surface area (Å²) < 4.78 is 0. The van der Waals surface area contributed by atoms with Crippen LogP contribution in [0.5, 0.6) is 0 Å². The van der Waals surface area contributed by atoms with Gasteiger partial charge in [0.1, 0.15) is 0 Å². The summed E-state index contributed by atoms with van der Waals surface area (Å²) in [5.41, 5.74) is 2.37. The highest BCUT2D eigenvalue weighted by Gasteiger charge is 2.22. The topological polar surface area (TPSA) is 28.2 Å². The van der Waals surface area contributed by atoms with Crippen molar-refractivity contribution in [3.05, 3.63) is 24.0 Å². The van der Waals surface area contributed by atoms with Gasteiger partial charge in [-0.3, -0.25) is 4.98 Å². The summed E-state index contributed by atoms with van der Waals surface area (Å²) in [4.78, 5) is 6.78. The number of rotatable bonds is 4. The molecule has 0 saturated carbocycles. The predicted octanol–water partition coefficient (Wildman–Crippen LogP) is 2.92. The van der Waals surface area contributed by atoms with Gasteiger partial charge in [-0.05, 0) is 63.9 Å². The van der Waals surface area contributed by atoms with Crippen molar-refractivity contribution in [1.82, 2.24) is 9.88 Å². The number of piperidine rings is 1. The third-order valence-corrected chi connectivity index (χ3v) is 4.06. The van der Waals surface area contributed by atoms with Crippen LogP contribution in [-0.2, 0) is 0 Å². The Kier molecular flexibility index (Phi) is 4.59. The largest absolute Gasteiger partial charge is 0.381 e. The monoisotopic (exact) mass is 247 g/mol. The fraction of sp³-hybridized carbons (Fsp3) is 0.667. The van der Waals surface area contributed by atoms with Crippen molar-refractivity contribution >= 4 is 5.69 Å². The molecule has 0 amide bonds. The van der Waals surface area contributed by atoms with Crippen LogP contribution >= 0.6 is 0 Å². The summed E-state index contributed by atoms with van der Waals surface area (Å²) in [7, 11) is 0. The smallest absolute Gasteiger partial charge is 0.0531 e. The van der Waals surface area contributed by atoms with Crippen LogP contribution in [0.15, 0.2) is 18.5 Å². The highest BCUT2D eigenvalue weighted by Crippen LogP contribution is 2.23. The molecule has 0 spiro atoms. The summed E-state index contributed by atoms with van der Waals surface area (Å²) >= 11 is 0. The van der Waals surface area contributed by atoms with E-state index < -0.39 is 0 Å². The van der Waals surface area contributed by atoms with Crippen molar-refractivity contribution < 1.29 is 0 Å². The van der Waals surface area contributed by atoms with Crippen molar-refractivity contribution in [3.8, 4) is 0 Å². The van der Waals surface area contributed by atoms with E-state index in [4.69, 9.17) is 0 Å². The average Bonchev–Trinajstić information content (AvgIpc) is 2.39. The molecule has 1 N–H and O–H groups in total. The molecule has 3 nitrogen and oxygen atoms in total. The minimum Gasteiger partial charge on any atom is -0.381 e. The lowest BCUT2D eigenvalue weighted by atomic mass is 9.90. The predicted molar refractivity (Wildman–Crippen MR) is 76.9 cm³/mol. The maximum absolute atomic E-state index is 4.24. The van der Waals surface area contributed by atoms with Crippen LogP contribution in [0, 0.1) is 12.8 Å². The molecule has 2 rings (SSSR count). The third-order valence-electron chi connectivity index (χ3n) is 4.06. The van der Waals surface area contributed by atoms with Gasteiger partial charge in [0.05, 0.1) is 5.69 Å². The number of aromatic nitrogens is 1. The molecule has 0 aliphatic carbocycles. The van der Waals surface area contributed by atoms with E-state index in [-0.39, 0.29) is 0 Å². The van der Waals surface area contributed by atoms with E-state index in [9.17, 15) is 0 Å². The van der Waals surface area contributed by atoms with Crippen molar-refractivity contribution in [2.24, 2.45) is 5.92 Å². The molecule has 1 aliphatic heterocycles. The Hall–Kier alpha value is -1.09. The summed E-state index contributed by atoms with van der Waals surface area (Å²) in [6.45, 7) is 10.3. The standard InChI is InChI=1S/C15H25N3/c1-4-18-7-5-14(6-8-18)13(3)17-15-9-12(2)10-16-11-15/h9-11,13-14,17H,4-8H2,1-3H3. The first kappa shape index (κ1) is 13.3. The molecule has 0 radical (unpaired) electrons. The van der Waals surface area contributed by atoms with Crippen LogP contribution < -0.4 is 5.32 Å². The second kappa shape index (κ2) is 6.19. The van der Waals surface area contributed by atoms with Gasteiger partial charge in [0, 0.05) is 18.4 Å². The van der Waals surface area contributed by atoms with Gasteiger partial charge in [-0.15, -0.1) is 0 Å². The molecule has 0 bridgehead atoms. The normalized spacial score (nSPS) is 19.7. The van der Waals surface area contributed by atoms with Gasteiger partial charge in [-0.2, -0.15) is 0 Å². The Morgan fingerprint density at radius 2 is 2.11 bits per heavy atom. The lowest BCUT2D eigenvalue weighted by Crippen LogP contribution is -2.39. The van der Waals surface area contributed by atoms with Gasteiger partial charge in [-0.25, -0.2) is 0 Å². The van der Waals surface area contributed by atoms with E-state index in [1.807, 2.05) is 12.4 Å². The van der Waals surface area contributed by atoms with Gasteiger partial charge in [-0.1, -0.05) is 6.92 Å². The Morgan fingerprint density at radius 1 is 1.39 bits per heavy atom. The zero-order valence-corrected chi connectivity index (χ0v) is 11.8. The minimum atomic E-state index is 0.535. The summed E-state index contributed by atoms with van der Waals surface area (Å²) in [5.74, 6) is 0.785. The van der Waals surface area contributed by atoms with Crippen LogP contribution in [0.2, 0.25) is 0 Å². The number of aryl methyl sites for hydroxylation is 1. The fourth-order valence-electron chi connectivity index (χ4n) is 2.78. The Labute approximate surface area is 111 Å². The number of likely N-dealkylation sites (tertiary alicyclic amines) is 1. The number of anilines is 1. The molecule has 1 aromatic heterocycles. The molecule has 2 heterocycles. The van der Waals surface area contributed by atoms with Crippen molar-refractivity contribution in [3.63, 3.8) is 0 Å². The maximum Gasteiger partial charge on any atom is 0.0531 e. The number of pyridine rings is 1. The van der Waals surface area contributed by atoms with Crippen molar-refractivity contribution in [1.29, 1.82) is 0 Å². The minimum absolute atomic E-state index is 0.535. The van der Waals surface area contributed by atoms with E-state index in [0.29, 0.717) is 6.04 Å². The SMILES string of the molecule is CCN1CCC(C(C)Nc2cncc(C)c2)CC1. The Bertz CT molecular complexity index is 370. The quantitative estimate of drug-likeness (QED) is 0.886. The highest BCUT2D eigenvalue weighted by atomic mass is 15.1. The molecular weight excluding hydrogens is 222 g/mol. The van der Waals surface area contributed by atoms with Crippen LogP contribution in [0.3, 0.4) is 0 Å². The van der Waals surface area contributed by atoms with E-state index in [0.717, 1.165) is 11.6 Å². The van der Waals surface area contributed by atoms with Crippen LogP contribution in [0.1, 0.15) is 32.3 Å². The number of hydrogen-bond acceptors (Lipinski definition) is 3. The zero-order valence-electron chi connectivity index (χ0n) is 11.8. The molecule has 1 atom stereocenters.